The van der Waals surface area contributed by atoms with Crippen molar-refractivity contribution >= 4 is 35.8 Å². The van der Waals surface area contributed by atoms with Crippen LogP contribution in [0.25, 0.3) is 0 Å². The Kier molecular flexibility index (Phi) is 11.6. The van der Waals surface area contributed by atoms with Crippen molar-refractivity contribution in [1.29, 1.82) is 0 Å². The van der Waals surface area contributed by atoms with E-state index in [0.29, 0.717) is 12.1 Å². The van der Waals surface area contributed by atoms with Gasteiger partial charge in [-0.1, -0.05) is 6.07 Å². The van der Waals surface area contributed by atoms with Gasteiger partial charge in [0, 0.05) is 51.5 Å². The highest BCUT2D eigenvalue weighted by Crippen LogP contribution is 2.12. The van der Waals surface area contributed by atoms with Crippen molar-refractivity contribution in [3.63, 3.8) is 0 Å². The highest BCUT2D eigenvalue weighted by atomic mass is 127. The maximum Gasteiger partial charge on any atom is 0.191 e. The molecular weight excluding hydrogens is 439 g/mol. The fourth-order valence-corrected chi connectivity index (χ4v) is 3.09. The van der Waals surface area contributed by atoms with Crippen LogP contribution in [0.15, 0.2) is 29.4 Å². The van der Waals surface area contributed by atoms with Crippen molar-refractivity contribution in [2.45, 2.75) is 51.6 Å². The number of aromatic nitrogens is 1. The zero-order valence-electron chi connectivity index (χ0n) is 16.4. The molecule has 2 heterocycles. The molecule has 0 radical (unpaired) electrons. The highest BCUT2D eigenvalue weighted by Gasteiger charge is 2.21. The lowest BCUT2D eigenvalue weighted by Crippen LogP contribution is -2.50. The molecule has 2 rings (SSSR count). The highest BCUT2D eigenvalue weighted by molar-refractivity contribution is 14.0. The Bertz CT molecular complexity index is 500. The third kappa shape index (κ3) is 8.53. The van der Waals surface area contributed by atoms with Gasteiger partial charge in [0.2, 0.25) is 0 Å². The average molecular weight is 474 g/mol. The van der Waals surface area contributed by atoms with Gasteiger partial charge in [-0.05, 0) is 51.7 Å². The SMILES string of the molecule is CN=C(NCCCCNc1ccccn1)NC1CCN(C(C)C)CC1.I. The first-order valence-electron chi connectivity index (χ1n) is 9.55. The van der Waals surface area contributed by atoms with E-state index in [1.807, 2.05) is 31.4 Å². The zero-order chi connectivity index (χ0) is 17.9. The molecule has 1 aliphatic rings. The zero-order valence-corrected chi connectivity index (χ0v) is 18.7. The predicted molar refractivity (Wildman–Crippen MR) is 122 cm³/mol. The molecule has 0 spiro atoms. The van der Waals surface area contributed by atoms with Crippen LogP contribution >= 0.6 is 24.0 Å². The van der Waals surface area contributed by atoms with Crippen molar-refractivity contribution in [1.82, 2.24) is 20.5 Å². The molecule has 0 aliphatic carbocycles. The molecule has 0 aromatic carbocycles. The minimum absolute atomic E-state index is 0. The number of likely N-dealkylation sites (tertiary alicyclic amines) is 1. The summed E-state index contributed by atoms with van der Waals surface area (Å²) >= 11 is 0. The van der Waals surface area contributed by atoms with Crippen molar-refractivity contribution < 1.29 is 0 Å². The molecular formula is C19H35IN6. The third-order valence-electron chi connectivity index (χ3n) is 4.69. The smallest absolute Gasteiger partial charge is 0.191 e. The summed E-state index contributed by atoms with van der Waals surface area (Å²) in [5, 5.41) is 10.3. The van der Waals surface area contributed by atoms with Gasteiger partial charge in [-0.3, -0.25) is 4.99 Å². The molecule has 148 valence electrons. The van der Waals surface area contributed by atoms with Crippen LogP contribution in [0.1, 0.15) is 39.5 Å². The van der Waals surface area contributed by atoms with E-state index in [0.717, 1.165) is 37.7 Å². The first kappa shape index (κ1) is 23.0. The molecule has 0 saturated carbocycles. The second kappa shape index (κ2) is 13.1. The number of halogens is 1. The molecule has 1 aromatic rings. The molecule has 6 nitrogen and oxygen atoms in total. The summed E-state index contributed by atoms with van der Waals surface area (Å²) in [4.78, 5) is 11.2. The van der Waals surface area contributed by atoms with E-state index in [1.165, 1.54) is 25.9 Å². The second-order valence-electron chi connectivity index (χ2n) is 6.90. The summed E-state index contributed by atoms with van der Waals surface area (Å²) in [6.45, 7) is 8.78. The van der Waals surface area contributed by atoms with Crippen LogP contribution in [0.4, 0.5) is 5.82 Å². The van der Waals surface area contributed by atoms with E-state index < -0.39 is 0 Å². The lowest BCUT2D eigenvalue weighted by atomic mass is 10.0. The molecule has 0 bridgehead atoms. The van der Waals surface area contributed by atoms with E-state index in [9.17, 15) is 0 Å². The number of aliphatic imine (C=N–C) groups is 1. The first-order valence-corrected chi connectivity index (χ1v) is 9.55. The van der Waals surface area contributed by atoms with Crippen molar-refractivity contribution in [3.05, 3.63) is 24.4 Å². The molecule has 3 N–H and O–H groups in total. The first-order chi connectivity index (χ1) is 12.2. The van der Waals surface area contributed by atoms with Crippen LogP contribution < -0.4 is 16.0 Å². The molecule has 0 unspecified atom stereocenters. The Labute approximate surface area is 175 Å². The van der Waals surface area contributed by atoms with Gasteiger partial charge < -0.3 is 20.9 Å². The topological polar surface area (TPSA) is 64.6 Å². The van der Waals surface area contributed by atoms with Gasteiger partial charge in [0.1, 0.15) is 5.82 Å². The van der Waals surface area contributed by atoms with Gasteiger partial charge >= 0.3 is 0 Å². The number of pyridine rings is 1. The van der Waals surface area contributed by atoms with Crippen LogP contribution in [0, 0.1) is 0 Å². The maximum atomic E-state index is 4.36. The quantitative estimate of drug-likeness (QED) is 0.234. The third-order valence-corrected chi connectivity index (χ3v) is 4.69. The van der Waals surface area contributed by atoms with Crippen molar-refractivity contribution in [2.75, 3.05) is 38.5 Å². The molecule has 1 saturated heterocycles. The summed E-state index contributed by atoms with van der Waals surface area (Å²) in [6, 6.07) is 7.11. The Morgan fingerprint density at radius 3 is 2.58 bits per heavy atom. The molecule has 1 aromatic heterocycles. The monoisotopic (exact) mass is 474 g/mol. The summed E-state index contributed by atoms with van der Waals surface area (Å²) < 4.78 is 0. The molecule has 0 atom stereocenters. The number of rotatable bonds is 8. The van der Waals surface area contributed by atoms with Crippen LogP contribution in [0.2, 0.25) is 0 Å². The fourth-order valence-electron chi connectivity index (χ4n) is 3.09. The van der Waals surface area contributed by atoms with E-state index in [2.05, 4.69) is 44.7 Å². The predicted octanol–water partition coefficient (Wildman–Crippen LogP) is 2.93. The number of unbranched alkanes of at least 4 members (excludes halogenated alkanes) is 1. The normalized spacial score (nSPS) is 16.2. The van der Waals surface area contributed by atoms with Gasteiger partial charge in [-0.2, -0.15) is 0 Å². The van der Waals surface area contributed by atoms with Gasteiger partial charge in [0.05, 0.1) is 0 Å². The fraction of sp³-hybridized carbons (Fsp3) is 0.684. The summed E-state index contributed by atoms with van der Waals surface area (Å²) in [5.41, 5.74) is 0. The minimum Gasteiger partial charge on any atom is -0.370 e. The van der Waals surface area contributed by atoms with E-state index in [1.54, 1.807) is 0 Å². The summed E-state index contributed by atoms with van der Waals surface area (Å²) in [5.74, 6) is 1.88. The Hall–Kier alpha value is -1.09. The average Bonchev–Trinajstić information content (AvgIpc) is 2.64. The second-order valence-corrected chi connectivity index (χ2v) is 6.90. The van der Waals surface area contributed by atoms with Gasteiger partial charge in [-0.25, -0.2) is 4.98 Å². The number of nitrogens with one attached hydrogen (secondary N) is 3. The minimum atomic E-state index is 0. The molecule has 1 aliphatic heterocycles. The van der Waals surface area contributed by atoms with Crippen LogP contribution in [0.3, 0.4) is 0 Å². The lowest BCUT2D eigenvalue weighted by molar-refractivity contribution is 0.167. The van der Waals surface area contributed by atoms with E-state index >= 15 is 0 Å². The Morgan fingerprint density at radius 1 is 1.23 bits per heavy atom. The molecule has 7 heteroatoms. The van der Waals surface area contributed by atoms with Crippen LogP contribution in [-0.4, -0.2) is 61.2 Å². The van der Waals surface area contributed by atoms with Crippen molar-refractivity contribution in [2.24, 2.45) is 4.99 Å². The van der Waals surface area contributed by atoms with Gasteiger partial charge in [0.15, 0.2) is 5.96 Å². The van der Waals surface area contributed by atoms with Crippen molar-refractivity contribution in [3.8, 4) is 0 Å². The molecule has 26 heavy (non-hydrogen) atoms. The Morgan fingerprint density at radius 2 is 1.96 bits per heavy atom. The molecule has 0 amide bonds. The number of anilines is 1. The van der Waals surface area contributed by atoms with E-state index in [4.69, 9.17) is 0 Å². The van der Waals surface area contributed by atoms with Crippen LogP contribution in [-0.2, 0) is 0 Å². The van der Waals surface area contributed by atoms with E-state index in [-0.39, 0.29) is 24.0 Å². The van der Waals surface area contributed by atoms with Gasteiger partial charge in [0.25, 0.3) is 0 Å². The standard InChI is InChI=1S/C19H34N6.HI/c1-16(2)25-14-9-17(10-15-25)24-19(20-3)23-13-7-6-12-22-18-8-4-5-11-21-18;/h4-5,8,11,16-17H,6-7,9-10,12-15H2,1-3H3,(H,21,22)(H2,20,23,24);1H. The lowest BCUT2D eigenvalue weighted by Gasteiger charge is -2.35. The Balaban J connectivity index is 0.00000338. The number of hydrogen-bond donors (Lipinski definition) is 3. The maximum absolute atomic E-state index is 4.36. The number of nitrogens with zero attached hydrogens (tertiary/aromatic N) is 3. The number of hydrogen-bond acceptors (Lipinski definition) is 4. The number of guanidine groups is 1. The summed E-state index contributed by atoms with van der Waals surface area (Å²) in [6.07, 6.45) is 6.39. The molecule has 1 fully saturated rings. The number of piperidine rings is 1. The van der Waals surface area contributed by atoms with Crippen LogP contribution in [0.5, 0.6) is 0 Å². The summed E-state index contributed by atoms with van der Waals surface area (Å²) in [7, 11) is 1.85. The largest absolute Gasteiger partial charge is 0.370 e. The van der Waals surface area contributed by atoms with Gasteiger partial charge in [-0.15, -0.1) is 24.0 Å².